The van der Waals surface area contributed by atoms with Crippen LogP contribution in [0, 0.1) is 40.5 Å². The van der Waals surface area contributed by atoms with Crippen molar-refractivity contribution in [3.63, 3.8) is 0 Å². The van der Waals surface area contributed by atoms with Gasteiger partial charge in [-0.1, -0.05) is 0 Å². The molecule has 0 amide bonds. The van der Waals surface area contributed by atoms with E-state index < -0.39 is 0 Å². The van der Waals surface area contributed by atoms with Crippen molar-refractivity contribution in [2.24, 2.45) is 21.4 Å². The smallest absolute Gasteiger partial charge is 0.693 e. The number of nitrogens with zero attached hydrogens (tertiary/aromatic N) is 4. The van der Waals surface area contributed by atoms with Crippen LogP contribution in [0.4, 0.5) is 0 Å². The summed E-state index contributed by atoms with van der Waals surface area (Å²) in [6.07, 6.45) is 0. The van der Waals surface area contributed by atoms with E-state index in [0.717, 1.165) is 21.4 Å². The van der Waals surface area contributed by atoms with Crippen molar-refractivity contribution in [1.82, 2.24) is 0 Å². The first-order valence-corrected chi connectivity index (χ1v) is 1.46. The Bertz CT molecular complexity index is 73.1. The Morgan fingerprint density at radius 1 is 0.533 bits per heavy atom. The standard InChI is InChI=1S/Co.4HNO2.2H2N/c;4*2-1-3;;/h;4*(H,2,3);2*1H2/q+2;;;;;2*-1/p-4. The minimum atomic E-state index is 0. The molecule has 0 saturated carbocycles. The zero-order chi connectivity index (χ0) is 10.8. The molecular formula is H4CoN6O8-4. The van der Waals surface area contributed by atoms with Gasteiger partial charge in [-0.3, -0.25) is 0 Å². The Kier molecular flexibility index (Phi) is 1230. The van der Waals surface area contributed by atoms with Crippen molar-refractivity contribution in [3.8, 4) is 0 Å². The maximum absolute atomic E-state index is 8.00. The molecule has 0 bridgehead atoms. The molecule has 0 spiro atoms. The molecule has 95 valence electrons. The van der Waals surface area contributed by atoms with E-state index in [-0.39, 0.29) is 29.1 Å². The minimum Gasteiger partial charge on any atom is -0.693 e. The maximum Gasteiger partial charge on any atom is 2.00 e. The van der Waals surface area contributed by atoms with Gasteiger partial charge in [0.2, 0.25) is 0 Å². The molecule has 1 radical (unpaired) electrons. The van der Waals surface area contributed by atoms with E-state index in [9.17, 15) is 0 Å². The summed E-state index contributed by atoms with van der Waals surface area (Å²) in [6, 6.07) is 0. The molecule has 0 fully saturated rings. The summed E-state index contributed by atoms with van der Waals surface area (Å²) < 4.78 is 0. The van der Waals surface area contributed by atoms with Gasteiger partial charge in [0.25, 0.3) is 0 Å². The molecule has 0 unspecified atom stereocenters. The van der Waals surface area contributed by atoms with Gasteiger partial charge in [0.1, 0.15) is 0 Å². The first kappa shape index (κ1) is 51.9. The Morgan fingerprint density at radius 3 is 0.533 bits per heavy atom. The second-order valence-corrected chi connectivity index (χ2v) is 0.298. The average molecular weight is 275 g/mol. The van der Waals surface area contributed by atoms with Gasteiger partial charge in [-0.05, 0) is 0 Å². The zero-order valence-electron chi connectivity index (χ0n) is 6.54. The molecule has 0 aliphatic carbocycles. The molecule has 0 heterocycles. The summed E-state index contributed by atoms with van der Waals surface area (Å²) in [4.78, 5) is 32.0. The summed E-state index contributed by atoms with van der Waals surface area (Å²) >= 11 is 0. The molecule has 0 aromatic carbocycles. The summed E-state index contributed by atoms with van der Waals surface area (Å²) in [6.45, 7) is 0. The van der Waals surface area contributed by atoms with Gasteiger partial charge in [0.15, 0.2) is 0 Å². The zero-order valence-corrected chi connectivity index (χ0v) is 7.58. The summed E-state index contributed by atoms with van der Waals surface area (Å²) in [5.74, 6) is 0. The van der Waals surface area contributed by atoms with Gasteiger partial charge in [0, 0.05) is 0 Å². The van der Waals surface area contributed by atoms with Crippen LogP contribution in [-0.2, 0) is 16.8 Å². The van der Waals surface area contributed by atoms with Gasteiger partial charge in [-0.2, -0.15) is 0 Å². The van der Waals surface area contributed by atoms with Crippen molar-refractivity contribution >= 4 is 0 Å². The molecule has 0 atom stereocenters. The third kappa shape index (κ3) is 310. The molecule has 14 nitrogen and oxygen atoms in total. The molecule has 0 saturated heterocycles. The molecule has 15 heavy (non-hydrogen) atoms. The van der Waals surface area contributed by atoms with Crippen LogP contribution in [0.25, 0.3) is 12.3 Å². The van der Waals surface area contributed by atoms with E-state index in [4.69, 9.17) is 40.5 Å². The monoisotopic (exact) mass is 275 g/mol. The normalized spacial score (nSPS) is 3.20. The van der Waals surface area contributed by atoms with Crippen molar-refractivity contribution in [2.45, 2.75) is 0 Å². The van der Waals surface area contributed by atoms with Crippen LogP contribution in [0.5, 0.6) is 0 Å². The summed E-state index contributed by atoms with van der Waals surface area (Å²) in [5.41, 5.74) is 0. The largest absolute Gasteiger partial charge is 2.00 e. The van der Waals surface area contributed by atoms with Crippen molar-refractivity contribution in [2.75, 3.05) is 0 Å². The van der Waals surface area contributed by atoms with Crippen molar-refractivity contribution in [1.29, 1.82) is 0 Å². The van der Waals surface area contributed by atoms with E-state index in [0.29, 0.717) is 0 Å². The van der Waals surface area contributed by atoms with Crippen molar-refractivity contribution < 1.29 is 16.8 Å². The number of hydrogen-bond donors (Lipinski definition) is 0. The third-order valence-corrected chi connectivity index (χ3v) is 0. The molecule has 0 rings (SSSR count). The predicted octanol–water partition coefficient (Wildman–Crippen LogP) is 2.43. The van der Waals surface area contributed by atoms with E-state index in [1.54, 1.807) is 0 Å². The van der Waals surface area contributed by atoms with E-state index in [2.05, 4.69) is 0 Å². The van der Waals surface area contributed by atoms with E-state index >= 15 is 0 Å². The molecule has 15 heteroatoms. The van der Waals surface area contributed by atoms with Crippen LogP contribution >= 0.6 is 0 Å². The second-order valence-electron chi connectivity index (χ2n) is 0.298. The van der Waals surface area contributed by atoms with Crippen LogP contribution in [0.15, 0.2) is 21.4 Å². The van der Waals surface area contributed by atoms with Crippen LogP contribution in [0.1, 0.15) is 0 Å². The Hall–Kier alpha value is -1.97. The first-order chi connectivity index (χ1) is 5.66. The molecule has 4 N–H and O–H groups in total. The van der Waals surface area contributed by atoms with Gasteiger partial charge in [-0.15, -0.1) is 21.4 Å². The number of nitrogens with two attached hydrogens (primary N) is 2. The number of hydrogen-bond acceptors (Lipinski definition) is 12. The van der Waals surface area contributed by atoms with E-state index in [1.807, 2.05) is 0 Å². The van der Waals surface area contributed by atoms with Crippen molar-refractivity contribution in [3.05, 3.63) is 52.8 Å². The molecular weight excluding hydrogens is 271 g/mol. The number of rotatable bonds is 0. The maximum atomic E-state index is 8.00. The third-order valence-electron chi connectivity index (χ3n) is 0. The summed E-state index contributed by atoms with van der Waals surface area (Å²) in [5, 5.41) is 36.0. The van der Waals surface area contributed by atoms with Gasteiger partial charge >= 0.3 is 16.8 Å². The first-order valence-electron chi connectivity index (χ1n) is 1.46. The van der Waals surface area contributed by atoms with Crippen LogP contribution in [0.3, 0.4) is 0 Å². The molecule has 0 aliphatic heterocycles. The quantitative estimate of drug-likeness (QED) is 0.465. The Balaban J connectivity index is -0.0000000107. The fourth-order valence-electron chi connectivity index (χ4n) is 0. The Morgan fingerprint density at radius 2 is 0.533 bits per heavy atom. The van der Waals surface area contributed by atoms with Crippen LogP contribution in [-0.4, -0.2) is 0 Å². The summed E-state index contributed by atoms with van der Waals surface area (Å²) in [7, 11) is 0. The van der Waals surface area contributed by atoms with Crippen LogP contribution in [0.2, 0.25) is 0 Å². The Labute approximate surface area is 91.8 Å². The molecule has 0 aromatic rings. The SMILES string of the molecule is O=N[O-].O=N[O-].O=N[O-].O=N[O-].[Co+2].[NH2-].[NH2-]. The fraction of sp³-hybridized carbons (Fsp3) is 0. The van der Waals surface area contributed by atoms with Gasteiger partial charge in [-0.25, -0.2) is 0 Å². The van der Waals surface area contributed by atoms with E-state index in [1.165, 1.54) is 0 Å². The molecule has 0 aromatic heterocycles. The molecule has 0 aliphatic rings. The topological polar surface area (TPSA) is 277 Å². The second kappa shape index (κ2) is 356. The van der Waals surface area contributed by atoms with Gasteiger partial charge < -0.3 is 52.8 Å². The predicted molar refractivity (Wildman–Crippen MR) is 47.2 cm³/mol. The minimum absolute atomic E-state index is 0. The van der Waals surface area contributed by atoms with Crippen LogP contribution < -0.4 is 0 Å². The average Bonchev–Trinajstić information content (AvgIpc) is 1.92. The van der Waals surface area contributed by atoms with Gasteiger partial charge in [0.05, 0.1) is 0 Å². The fourth-order valence-corrected chi connectivity index (χ4v) is 0.